The van der Waals surface area contributed by atoms with Gasteiger partial charge in [-0.3, -0.25) is 9.05 Å². The molecule has 1 rings (SSSR count). The first-order valence-electron chi connectivity index (χ1n) is 6.42. The molecule has 0 aliphatic rings. The summed E-state index contributed by atoms with van der Waals surface area (Å²) in [5, 5.41) is 6.62. The minimum absolute atomic E-state index is 0.269. The summed E-state index contributed by atoms with van der Waals surface area (Å²) in [6, 6.07) is 9.49. The number of hydrazone groups is 1. The van der Waals surface area contributed by atoms with E-state index in [0.29, 0.717) is 5.71 Å². The van der Waals surface area contributed by atoms with Crippen LogP contribution < -0.4 is 5.20 Å². The number of methoxy groups -OCH3 is 1. The van der Waals surface area contributed by atoms with E-state index in [1.54, 1.807) is 21.0 Å². The Labute approximate surface area is 119 Å². The van der Waals surface area contributed by atoms with Crippen LogP contribution in [-0.2, 0) is 18.3 Å². The highest BCUT2D eigenvalue weighted by molar-refractivity contribution is 7.51. The van der Waals surface area contributed by atoms with Crippen LogP contribution in [0.15, 0.2) is 35.4 Å². The van der Waals surface area contributed by atoms with Gasteiger partial charge >= 0.3 is 7.75 Å². The van der Waals surface area contributed by atoms with Gasteiger partial charge in [0.05, 0.1) is 25.5 Å². The van der Waals surface area contributed by atoms with E-state index in [1.165, 1.54) is 0 Å². The topological polar surface area (TPSA) is 69.2 Å². The van der Waals surface area contributed by atoms with Crippen LogP contribution in [0.5, 0.6) is 0 Å². The number of ether oxygens (including phenoxy) is 1. The Bertz CT molecular complexity index is 455. The first kappa shape index (κ1) is 16.9. The molecule has 0 aliphatic heterocycles. The quantitative estimate of drug-likeness (QED) is 0.431. The molecule has 1 aromatic carbocycles. The van der Waals surface area contributed by atoms with Gasteiger partial charge in [-0.05, 0) is 13.8 Å². The molecule has 0 unspecified atom stereocenters. The average Bonchev–Trinajstić information content (AvgIpc) is 2.45. The van der Waals surface area contributed by atoms with Crippen LogP contribution in [0.4, 0.5) is 0 Å². The van der Waals surface area contributed by atoms with Crippen LogP contribution in [-0.4, -0.2) is 32.6 Å². The van der Waals surface area contributed by atoms with Gasteiger partial charge in [-0.15, -0.1) is 0 Å². The van der Waals surface area contributed by atoms with Gasteiger partial charge in [0.2, 0.25) is 0 Å². The molecular formula is C13H21N2O4P. The molecule has 0 atom stereocenters. The Morgan fingerprint density at radius 3 is 2.30 bits per heavy atom. The molecule has 0 fully saturated rings. The number of hydrogen-bond acceptors (Lipinski definition) is 5. The molecule has 0 amide bonds. The predicted octanol–water partition coefficient (Wildman–Crippen LogP) is 2.81. The minimum atomic E-state index is -3.41. The summed E-state index contributed by atoms with van der Waals surface area (Å²) in [5.41, 5.74) is 1.49. The lowest BCUT2D eigenvalue weighted by Gasteiger charge is -2.16. The molecule has 0 spiro atoms. The van der Waals surface area contributed by atoms with Gasteiger partial charge in [0.25, 0.3) is 0 Å². The Balaban J connectivity index is 2.88. The van der Waals surface area contributed by atoms with Crippen molar-refractivity contribution in [1.29, 1.82) is 0 Å². The Hall–Kier alpha value is -1.20. The van der Waals surface area contributed by atoms with E-state index in [0.717, 1.165) is 5.56 Å². The summed E-state index contributed by atoms with van der Waals surface area (Å²) < 4.78 is 27.6. The highest BCUT2D eigenvalue weighted by atomic mass is 31.2. The molecule has 0 aromatic heterocycles. The molecule has 1 N–H and O–H groups in total. The summed E-state index contributed by atoms with van der Waals surface area (Å²) in [6.45, 7) is 4.30. The third-order valence-corrected chi connectivity index (χ3v) is 3.83. The van der Waals surface area contributed by atoms with Gasteiger partial charge in [-0.25, -0.2) is 9.76 Å². The van der Waals surface area contributed by atoms with Gasteiger partial charge in [0.15, 0.2) is 0 Å². The van der Waals surface area contributed by atoms with E-state index < -0.39 is 7.75 Å². The highest BCUT2D eigenvalue weighted by Crippen LogP contribution is 2.43. The van der Waals surface area contributed by atoms with E-state index in [4.69, 9.17) is 13.8 Å². The number of benzene rings is 1. The highest BCUT2D eigenvalue weighted by Gasteiger charge is 2.23. The molecule has 0 aliphatic carbocycles. The molecule has 0 saturated carbocycles. The standard InChI is InChI=1S/C13H21N2O4P/c1-4-18-20(16,19-5-2)15-14-13(11-17-3)12-9-7-6-8-10-12/h6-10H,4-5,11H2,1-3H3,(H,15,16). The second-order valence-electron chi connectivity index (χ2n) is 3.79. The van der Waals surface area contributed by atoms with Crippen molar-refractivity contribution in [3.8, 4) is 0 Å². The predicted molar refractivity (Wildman–Crippen MR) is 78.8 cm³/mol. The van der Waals surface area contributed by atoms with Crippen LogP contribution >= 0.6 is 7.75 Å². The maximum Gasteiger partial charge on any atom is 0.448 e. The Morgan fingerprint density at radius 1 is 1.20 bits per heavy atom. The van der Waals surface area contributed by atoms with Crippen LogP contribution in [0.25, 0.3) is 0 Å². The van der Waals surface area contributed by atoms with Crippen LogP contribution in [0.3, 0.4) is 0 Å². The van der Waals surface area contributed by atoms with Crippen molar-refractivity contribution in [2.24, 2.45) is 5.10 Å². The zero-order valence-electron chi connectivity index (χ0n) is 12.0. The van der Waals surface area contributed by atoms with E-state index in [9.17, 15) is 4.57 Å². The maximum absolute atomic E-state index is 12.2. The fraction of sp³-hybridized carbons (Fsp3) is 0.462. The largest absolute Gasteiger partial charge is 0.448 e. The summed E-state index contributed by atoms with van der Waals surface area (Å²) in [6.07, 6.45) is 0. The third-order valence-electron chi connectivity index (χ3n) is 2.29. The lowest BCUT2D eigenvalue weighted by Crippen LogP contribution is -2.16. The molecule has 112 valence electrons. The van der Waals surface area contributed by atoms with Crippen LogP contribution in [0.2, 0.25) is 0 Å². The SMILES string of the molecule is CCOP(=O)(NN=C(COC)c1ccccc1)OCC. The molecular weight excluding hydrogens is 279 g/mol. The van der Waals surface area contributed by atoms with E-state index in [1.807, 2.05) is 30.3 Å². The first-order chi connectivity index (χ1) is 9.65. The van der Waals surface area contributed by atoms with Crippen molar-refractivity contribution >= 4 is 13.5 Å². The van der Waals surface area contributed by atoms with Crippen molar-refractivity contribution in [3.05, 3.63) is 35.9 Å². The first-order valence-corrected chi connectivity index (χ1v) is 7.96. The maximum atomic E-state index is 12.2. The Kier molecular flexibility index (Phi) is 7.47. The van der Waals surface area contributed by atoms with E-state index in [2.05, 4.69) is 10.3 Å². The zero-order valence-corrected chi connectivity index (χ0v) is 12.9. The van der Waals surface area contributed by atoms with Crippen LogP contribution in [0.1, 0.15) is 19.4 Å². The summed E-state index contributed by atoms with van der Waals surface area (Å²) in [5.74, 6) is 0. The van der Waals surface area contributed by atoms with Gasteiger partial charge < -0.3 is 4.74 Å². The molecule has 6 nitrogen and oxygen atoms in total. The second-order valence-corrected chi connectivity index (χ2v) is 5.50. The molecule has 0 saturated heterocycles. The molecule has 1 aromatic rings. The van der Waals surface area contributed by atoms with Crippen molar-refractivity contribution in [2.75, 3.05) is 26.9 Å². The van der Waals surface area contributed by atoms with Gasteiger partial charge in [0.1, 0.15) is 0 Å². The summed E-state index contributed by atoms with van der Waals surface area (Å²) in [7, 11) is -1.84. The molecule has 0 heterocycles. The van der Waals surface area contributed by atoms with Gasteiger partial charge in [-0.2, -0.15) is 5.10 Å². The fourth-order valence-corrected chi connectivity index (χ4v) is 2.62. The van der Waals surface area contributed by atoms with Crippen LogP contribution in [0, 0.1) is 0 Å². The molecule has 20 heavy (non-hydrogen) atoms. The Morgan fingerprint density at radius 2 is 1.80 bits per heavy atom. The average molecular weight is 300 g/mol. The zero-order chi connectivity index (χ0) is 14.8. The second kappa shape index (κ2) is 8.87. The molecule has 0 radical (unpaired) electrons. The smallest absolute Gasteiger partial charge is 0.378 e. The third kappa shape index (κ3) is 5.43. The van der Waals surface area contributed by atoms with E-state index >= 15 is 0 Å². The molecule has 0 bridgehead atoms. The normalized spacial score (nSPS) is 12.4. The lowest BCUT2D eigenvalue weighted by atomic mass is 10.1. The number of nitrogens with one attached hydrogen (secondary N) is 1. The number of hydrogen-bond donors (Lipinski definition) is 1. The van der Waals surface area contributed by atoms with Crippen molar-refractivity contribution in [2.45, 2.75) is 13.8 Å². The van der Waals surface area contributed by atoms with Gasteiger partial charge in [0, 0.05) is 12.7 Å². The molecule has 7 heteroatoms. The number of rotatable bonds is 9. The van der Waals surface area contributed by atoms with Crippen molar-refractivity contribution in [1.82, 2.24) is 5.20 Å². The summed E-state index contributed by atoms with van der Waals surface area (Å²) >= 11 is 0. The van der Waals surface area contributed by atoms with Gasteiger partial charge in [-0.1, -0.05) is 30.3 Å². The monoisotopic (exact) mass is 300 g/mol. The number of nitrogens with zero attached hydrogens (tertiary/aromatic N) is 1. The minimum Gasteiger partial charge on any atom is -0.378 e. The van der Waals surface area contributed by atoms with E-state index in [-0.39, 0.29) is 19.8 Å². The summed E-state index contributed by atoms with van der Waals surface area (Å²) in [4.78, 5) is 0. The van der Waals surface area contributed by atoms with Crippen molar-refractivity contribution < 1.29 is 18.3 Å². The fourth-order valence-electron chi connectivity index (χ4n) is 1.50. The lowest BCUT2D eigenvalue weighted by molar-refractivity contribution is 0.211. The van der Waals surface area contributed by atoms with Crippen molar-refractivity contribution in [3.63, 3.8) is 0 Å².